The van der Waals surface area contributed by atoms with Crippen LogP contribution in [0.4, 0.5) is 0 Å². The Morgan fingerprint density at radius 3 is 1.42 bits per heavy atom. The Bertz CT molecular complexity index is 1730. The third-order valence-electron chi connectivity index (χ3n) is 10.3. The van der Waals surface area contributed by atoms with Crippen LogP contribution >= 0.6 is 23.2 Å². The fourth-order valence-electron chi connectivity index (χ4n) is 7.19. The lowest BCUT2D eigenvalue weighted by atomic mass is 9.92. The first-order valence-electron chi connectivity index (χ1n) is 17.9. The van der Waals surface area contributed by atoms with Crippen LogP contribution in [0.1, 0.15) is 71.9 Å². The normalized spacial score (nSPS) is 19.9. The second-order valence-electron chi connectivity index (χ2n) is 13.6. The van der Waals surface area contributed by atoms with Gasteiger partial charge in [0.1, 0.15) is 23.3 Å². The third-order valence-corrected chi connectivity index (χ3v) is 10.9. The van der Waals surface area contributed by atoms with E-state index >= 15 is 0 Å². The summed E-state index contributed by atoms with van der Waals surface area (Å²) in [6, 6.07) is 16.0. The summed E-state index contributed by atoms with van der Waals surface area (Å²) in [5.41, 5.74) is 7.91. The maximum Gasteiger partial charge on any atom is 0.236 e. The maximum absolute atomic E-state index is 10.2. The van der Waals surface area contributed by atoms with E-state index in [9.17, 15) is 10.2 Å². The SMILES string of the molecule is COc1nc(OCc2cccc(-c3cccc(COc4nc(OC)c(CN[C@@H]5CCC[C@@H]5O)cc4Cl)c3C)c2C)c(Cl)cc1CN[C@@H]1CCC[C@@H]1O. The van der Waals surface area contributed by atoms with E-state index in [0.717, 1.165) is 83.0 Å². The first-order valence-corrected chi connectivity index (χ1v) is 18.6. The average molecular weight is 752 g/mol. The highest BCUT2D eigenvalue weighted by Gasteiger charge is 2.26. The molecule has 0 unspecified atom stereocenters. The number of hydrogen-bond acceptors (Lipinski definition) is 10. The Kier molecular flexibility index (Phi) is 12.8. The molecule has 12 heteroatoms. The molecule has 4 aromatic rings. The van der Waals surface area contributed by atoms with E-state index in [0.29, 0.717) is 46.7 Å². The summed E-state index contributed by atoms with van der Waals surface area (Å²) in [5.74, 6) is 1.46. The predicted octanol–water partition coefficient (Wildman–Crippen LogP) is 7.25. The molecule has 0 aliphatic heterocycles. The van der Waals surface area contributed by atoms with E-state index in [1.807, 2.05) is 36.4 Å². The lowest BCUT2D eigenvalue weighted by Gasteiger charge is -2.19. The van der Waals surface area contributed by atoms with Gasteiger partial charge in [0.25, 0.3) is 0 Å². The minimum atomic E-state index is -0.341. The molecule has 2 heterocycles. The highest BCUT2D eigenvalue weighted by atomic mass is 35.5. The third kappa shape index (κ3) is 8.76. The van der Waals surface area contributed by atoms with Crippen molar-refractivity contribution in [3.8, 4) is 34.6 Å². The number of aliphatic hydroxyl groups excluding tert-OH is 2. The Morgan fingerprint density at radius 1 is 0.635 bits per heavy atom. The molecule has 0 bridgehead atoms. The van der Waals surface area contributed by atoms with Gasteiger partial charge in [-0.25, -0.2) is 0 Å². The van der Waals surface area contributed by atoms with E-state index in [2.05, 4.69) is 46.6 Å². The van der Waals surface area contributed by atoms with Gasteiger partial charge in [-0.3, -0.25) is 0 Å². The number of rotatable bonds is 15. The van der Waals surface area contributed by atoms with Gasteiger partial charge in [-0.2, -0.15) is 9.97 Å². The fraction of sp³-hybridized carbons (Fsp3) is 0.450. The lowest BCUT2D eigenvalue weighted by molar-refractivity contribution is 0.148. The van der Waals surface area contributed by atoms with Crippen molar-refractivity contribution in [3.63, 3.8) is 0 Å². The van der Waals surface area contributed by atoms with Gasteiger partial charge in [0.2, 0.25) is 23.5 Å². The van der Waals surface area contributed by atoms with Crippen molar-refractivity contribution in [2.75, 3.05) is 14.2 Å². The molecular weight excluding hydrogens is 703 g/mol. The minimum Gasteiger partial charge on any atom is -0.481 e. The molecular formula is C40H48Cl2N4O6. The van der Waals surface area contributed by atoms with Crippen molar-refractivity contribution < 1.29 is 29.2 Å². The molecule has 6 rings (SSSR count). The number of halogens is 2. The van der Waals surface area contributed by atoms with Crippen LogP contribution < -0.4 is 29.6 Å². The van der Waals surface area contributed by atoms with Gasteiger partial charge in [0, 0.05) is 36.3 Å². The summed E-state index contributed by atoms with van der Waals surface area (Å²) >= 11 is 13.3. The van der Waals surface area contributed by atoms with Gasteiger partial charge in [-0.15, -0.1) is 0 Å². The average Bonchev–Trinajstić information content (AvgIpc) is 3.76. The van der Waals surface area contributed by atoms with Gasteiger partial charge in [0.05, 0.1) is 26.4 Å². The van der Waals surface area contributed by atoms with Crippen molar-refractivity contribution >= 4 is 23.2 Å². The van der Waals surface area contributed by atoms with Crippen molar-refractivity contribution in [2.45, 2.75) is 103 Å². The monoisotopic (exact) mass is 750 g/mol. The van der Waals surface area contributed by atoms with Crippen LogP contribution in [0, 0.1) is 13.8 Å². The number of ether oxygens (including phenoxy) is 4. The van der Waals surface area contributed by atoms with Gasteiger partial charge in [-0.05, 0) is 97.9 Å². The second-order valence-corrected chi connectivity index (χ2v) is 14.4. The summed E-state index contributed by atoms with van der Waals surface area (Å²) in [7, 11) is 3.15. The molecule has 0 saturated heterocycles. The molecule has 0 amide bonds. The van der Waals surface area contributed by atoms with Gasteiger partial charge in [0.15, 0.2) is 0 Å². The van der Waals surface area contributed by atoms with Crippen LogP contribution in [0.3, 0.4) is 0 Å². The molecule has 10 nitrogen and oxygen atoms in total. The van der Waals surface area contributed by atoms with E-state index in [4.69, 9.17) is 42.1 Å². The molecule has 2 aliphatic carbocycles. The first kappa shape index (κ1) is 38.1. The van der Waals surface area contributed by atoms with Gasteiger partial charge >= 0.3 is 0 Å². The fourth-order valence-corrected chi connectivity index (χ4v) is 7.65. The standard InChI is InChI=1S/C40H48Cl2N4O6/c1-23-25(21-51-39-31(41)17-27(37(45-39)49-3)19-43-33-13-7-15-35(33)47)9-5-11-29(23)30-12-6-10-26(24(30)2)22-52-40-32(42)18-28(38(46-40)50-4)20-44-34-14-8-16-36(34)48/h5-6,9-12,17-18,33-36,43-44,47-48H,7-8,13-16,19-22H2,1-4H3/t33-,34-,35+,36+/m1/s1. The first-order chi connectivity index (χ1) is 25.2. The molecule has 2 aromatic heterocycles. The minimum absolute atomic E-state index is 0.0507. The topological polar surface area (TPSA) is 127 Å². The van der Waals surface area contributed by atoms with Gasteiger partial charge in [-0.1, -0.05) is 59.6 Å². The van der Waals surface area contributed by atoms with Crippen molar-refractivity contribution in [3.05, 3.63) is 92.0 Å². The number of hydrogen-bond donors (Lipinski definition) is 4. The summed E-state index contributed by atoms with van der Waals surface area (Å²) < 4.78 is 23.5. The molecule has 278 valence electrons. The summed E-state index contributed by atoms with van der Waals surface area (Å²) in [4.78, 5) is 9.15. The van der Waals surface area contributed by atoms with E-state index < -0.39 is 0 Å². The molecule has 2 aliphatic rings. The molecule has 0 radical (unpaired) electrons. The zero-order chi connectivity index (χ0) is 36.8. The molecule has 2 fully saturated rings. The van der Waals surface area contributed by atoms with Crippen molar-refractivity contribution in [1.29, 1.82) is 0 Å². The Hall–Kier alpha value is -3.64. The Morgan fingerprint density at radius 2 is 1.06 bits per heavy atom. The van der Waals surface area contributed by atoms with Crippen LogP contribution in [0.15, 0.2) is 48.5 Å². The highest BCUT2D eigenvalue weighted by Crippen LogP contribution is 2.35. The largest absolute Gasteiger partial charge is 0.481 e. The Balaban J connectivity index is 1.12. The number of nitrogens with one attached hydrogen (secondary N) is 2. The molecule has 2 aromatic carbocycles. The zero-order valence-corrected chi connectivity index (χ0v) is 31.7. The van der Waals surface area contributed by atoms with Crippen molar-refractivity contribution in [1.82, 2.24) is 20.6 Å². The van der Waals surface area contributed by atoms with E-state index in [-0.39, 0.29) is 37.5 Å². The van der Waals surface area contributed by atoms with Crippen molar-refractivity contribution in [2.24, 2.45) is 0 Å². The van der Waals surface area contributed by atoms with Crippen LogP contribution in [0.25, 0.3) is 11.1 Å². The highest BCUT2D eigenvalue weighted by molar-refractivity contribution is 6.32. The van der Waals surface area contributed by atoms with Crippen LogP contribution in [-0.4, -0.2) is 58.7 Å². The Labute approximate surface area is 315 Å². The molecule has 4 N–H and O–H groups in total. The zero-order valence-electron chi connectivity index (χ0n) is 30.2. The second kappa shape index (κ2) is 17.5. The number of aliphatic hydroxyl groups is 2. The van der Waals surface area contributed by atoms with Gasteiger partial charge < -0.3 is 39.8 Å². The predicted molar refractivity (Wildman–Crippen MR) is 203 cm³/mol. The molecule has 0 spiro atoms. The van der Waals surface area contributed by atoms with Crippen LogP contribution in [0.2, 0.25) is 10.0 Å². The molecule has 52 heavy (non-hydrogen) atoms. The lowest BCUT2D eigenvalue weighted by Crippen LogP contribution is -2.35. The summed E-state index contributed by atoms with van der Waals surface area (Å²) in [5, 5.41) is 28.0. The van der Waals surface area contributed by atoms with Crippen LogP contribution in [-0.2, 0) is 26.3 Å². The number of pyridine rings is 2. The summed E-state index contributed by atoms with van der Waals surface area (Å²) in [6.45, 7) is 5.66. The number of nitrogens with zero attached hydrogens (tertiary/aromatic N) is 2. The van der Waals surface area contributed by atoms with E-state index in [1.54, 1.807) is 14.2 Å². The number of benzene rings is 2. The smallest absolute Gasteiger partial charge is 0.236 e. The maximum atomic E-state index is 10.2. The number of methoxy groups -OCH3 is 2. The molecule has 2 saturated carbocycles. The summed E-state index contributed by atoms with van der Waals surface area (Å²) in [6.07, 6.45) is 4.82. The number of aromatic nitrogens is 2. The van der Waals surface area contributed by atoms with E-state index in [1.165, 1.54) is 0 Å². The quantitative estimate of drug-likeness (QED) is 0.0987. The van der Waals surface area contributed by atoms with Crippen LogP contribution in [0.5, 0.6) is 23.5 Å². The molecule has 4 atom stereocenters.